The van der Waals surface area contributed by atoms with Gasteiger partial charge in [-0.1, -0.05) is 6.07 Å². The Hall–Kier alpha value is -2.78. The molecule has 0 N–H and O–H groups in total. The lowest BCUT2D eigenvalue weighted by atomic mass is 10.1. The summed E-state index contributed by atoms with van der Waals surface area (Å²) in [6.45, 7) is 4.70. The van der Waals surface area contributed by atoms with Crippen molar-refractivity contribution in [2.75, 3.05) is 40.3 Å². The number of nitrogens with zero attached hydrogens (tertiary/aromatic N) is 4. The molecule has 4 rings (SSSR count). The highest BCUT2D eigenvalue weighted by Crippen LogP contribution is 2.63. The van der Waals surface area contributed by atoms with Gasteiger partial charge in [-0.05, 0) is 42.8 Å². The van der Waals surface area contributed by atoms with Crippen molar-refractivity contribution in [2.24, 2.45) is 0 Å². The number of nitro groups is 1. The van der Waals surface area contributed by atoms with Crippen LogP contribution in [0.4, 0.5) is 5.69 Å². The molecule has 0 aliphatic carbocycles. The smallest absolute Gasteiger partial charge is 0.346 e. The monoisotopic (exact) mass is 460 g/mol. The maximum atomic E-state index is 13.3. The van der Waals surface area contributed by atoms with Gasteiger partial charge in [-0.2, -0.15) is 0 Å². The first kappa shape index (κ1) is 22.4. The minimum Gasteiger partial charge on any atom is -0.450 e. The van der Waals surface area contributed by atoms with E-state index in [1.807, 2.05) is 9.34 Å². The summed E-state index contributed by atoms with van der Waals surface area (Å²) in [5.41, 5.74) is 0.793. The van der Waals surface area contributed by atoms with Crippen LogP contribution in [0.2, 0.25) is 0 Å². The second kappa shape index (κ2) is 8.63. The van der Waals surface area contributed by atoms with E-state index in [2.05, 4.69) is 0 Å². The van der Waals surface area contributed by atoms with Gasteiger partial charge in [0.25, 0.3) is 5.91 Å². The van der Waals surface area contributed by atoms with E-state index in [0.29, 0.717) is 16.9 Å². The summed E-state index contributed by atoms with van der Waals surface area (Å²) in [5, 5.41) is 11.6. The lowest BCUT2D eigenvalue weighted by molar-refractivity contribution is -0.385. The number of ether oxygens (including phenoxy) is 1. The molecule has 2 aromatic carbocycles. The van der Waals surface area contributed by atoms with E-state index < -0.39 is 18.7 Å². The average molecular weight is 460 g/mol. The van der Waals surface area contributed by atoms with Crippen molar-refractivity contribution in [3.63, 3.8) is 0 Å². The second-order valence-electron chi connectivity index (χ2n) is 7.96. The molecule has 2 aliphatic heterocycles. The molecule has 11 heteroatoms. The zero-order chi connectivity index (χ0) is 23.0. The Morgan fingerprint density at radius 3 is 2.34 bits per heavy atom. The highest BCUT2D eigenvalue weighted by Gasteiger charge is 2.50. The van der Waals surface area contributed by atoms with Crippen LogP contribution in [0.1, 0.15) is 28.9 Å². The largest absolute Gasteiger partial charge is 0.450 e. The molecule has 32 heavy (non-hydrogen) atoms. The Morgan fingerprint density at radius 2 is 1.78 bits per heavy atom. The van der Waals surface area contributed by atoms with Gasteiger partial charge in [0, 0.05) is 51.9 Å². The Kier molecular flexibility index (Phi) is 6.05. The number of carbonyl (C=O) groups is 1. The van der Waals surface area contributed by atoms with E-state index in [0.717, 1.165) is 26.2 Å². The van der Waals surface area contributed by atoms with E-state index in [-0.39, 0.29) is 17.3 Å². The zero-order valence-corrected chi connectivity index (χ0v) is 19.0. The molecule has 2 aromatic rings. The Balaban J connectivity index is 1.60. The lowest BCUT2D eigenvalue weighted by Gasteiger charge is -2.24. The van der Waals surface area contributed by atoms with Gasteiger partial charge >= 0.3 is 13.4 Å². The molecule has 0 saturated carbocycles. The summed E-state index contributed by atoms with van der Waals surface area (Å²) in [6.07, 6.45) is -0.563. The maximum absolute atomic E-state index is 13.3. The number of rotatable bonds is 9. The standard InChI is InChI=1S/C21H25N4O6P/c1-15(31-32(29,23-9-10-23)24-11-12-24)16-7-8-19(25(27)28)20(14-16)30-18-6-4-5-17(13-18)21(26)22(2)3/h4-8,13-15H,9-12H2,1-3H3/t15-/m1/s1. The highest BCUT2D eigenvalue weighted by molar-refractivity contribution is 7.54. The molecule has 170 valence electrons. The summed E-state index contributed by atoms with van der Waals surface area (Å²) in [6, 6.07) is 10.9. The molecule has 2 fully saturated rings. The van der Waals surface area contributed by atoms with Crippen LogP contribution in [0.5, 0.6) is 11.5 Å². The maximum Gasteiger partial charge on any atom is 0.346 e. The van der Waals surface area contributed by atoms with Crippen LogP contribution >= 0.6 is 7.67 Å². The van der Waals surface area contributed by atoms with Gasteiger partial charge in [-0.25, -0.2) is 9.34 Å². The number of hydrogen-bond donors (Lipinski definition) is 0. The average Bonchev–Trinajstić information content (AvgIpc) is 3.65. The SMILES string of the molecule is C[C@@H](OP(=O)(N1CC1)N1CC1)c1ccc([N+](=O)[O-])c(Oc2cccc(C(=O)N(C)C)c2)c1. The second-order valence-corrected chi connectivity index (χ2v) is 10.3. The van der Waals surface area contributed by atoms with Crippen molar-refractivity contribution in [3.8, 4) is 11.5 Å². The summed E-state index contributed by atoms with van der Waals surface area (Å²) in [4.78, 5) is 24.7. The van der Waals surface area contributed by atoms with E-state index >= 15 is 0 Å². The molecule has 0 radical (unpaired) electrons. The summed E-state index contributed by atoms with van der Waals surface area (Å²) >= 11 is 0. The summed E-state index contributed by atoms with van der Waals surface area (Å²) < 4.78 is 28.7. The molecule has 1 amide bonds. The fourth-order valence-corrected chi connectivity index (χ4v) is 5.62. The summed E-state index contributed by atoms with van der Waals surface area (Å²) in [7, 11) is 0.227. The number of hydrogen-bond acceptors (Lipinski definition) is 6. The Morgan fingerprint density at radius 1 is 1.12 bits per heavy atom. The van der Waals surface area contributed by atoms with Gasteiger partial charge in [0.15, 0.2) is 0 Å². The minimum atomic E-state index is -3.05. The van der Waals surface area contributed by atoms with E-state index in [1.165, 1.54) is 23.1 Å². The molecule has 2 saturated heterocycles. The topological polar surface area (TPSA) is 105 Å². The van der Waals surface area contributed by atoms with E-state index in [4.69, 9.17) is 9.26 Å². The minimum absolute atomic E-state index is 0.0192. The van der Waals surface area contributed by atoms with Gasteiger partial charge in [-0.15, -0.1) is 0 Å². The van der Waals surface area contributed by atoms with Crippen molar-refractivity contribution in [1.29, 1.82) is 0 Å². The van der Waals surface area contributed by atoms with Gasteiger partial charge < -0.3 is 9.64 Å². The number of benzene rings is 2. The van der Waals surface area contributed by atoms with Gasteiger partial charge in [-0.3, -0.25) is 24.0 Å². The predicted octanol–water partition coefficient (Wildman–Crippen LogP) is 3.91. The van der Waals surface area contributed by atoms with Gasteiger partial charge in [0.1, 0.15) is 5.75 Å². The van der Waals surface area contributed by atoms with Crippen LogP contribution in [0.3, 0.4) is 0 Å². The van der Waals surface area contributed by atoms with Crippen LogP contribution in [0, 0.1) is 10.1 Å². The molecule has 1 atom stereocenters. The fraction of sp³-hybridized carbons (Fsp3) is 0.381. The van der Waals surface area contributed by atoms with Crippen molar-refractivity contribution in [1.82, 2.24) is 14.2 Å². The first-order chi connectivity index (χ1) is 15.2. The van der Waals surface area contributed by atoms with E-state index in [9.17, 15) is 19.5 Å². The molecule has 2 heterocycles. The first-order valence-electron chi connectivity index (χ1n) is 10.3. The molecule has 2 aliphatic rings. The van der Waals surface area contributed by atoms with E-state index in [1.54, 1.807) is 45.3 Å². The lowest BCUT2D eigenvalue weighted by Crippen LogP contribution is -2.21. The molecule has 0 spiro atoms. The quantitative estimate of drug-likeness (QED) is 0.240. The third kappa shape index (κ3) is 4.68. The number of amides is 1. The Bertz CT molecular complexity index is 1080. The van der Waals surface area contributed by atoms with Crippen LogP contribution in [0.25, 0.3) is 0 Å². The molecule has 0 bridgehead atoms. The molecular formula is C21H25N4O6P. The van der Waals surface area contributed by atoms with Crippen LogP contribution in [-0.2, 0) is 9.09 Å². The fourth-order valence-electron chi connectivity index (χ4n) is 3.27. The number of carbonyl (C=O) groups excluding carboxylic acids is 1. The van der Waals surface area contributed by atoms with Crippen molar-refractivity contribution in [3.05, 3.63) is 63.7 Å². The number of nitro benzene ring substituents is 1. The molecule has 0 unspecified atom stereocenters. The van der Waals surface area contributed by atoms with Crippen LogP contribution in [0.15, 0.2) is 42.5 Å². The highest BCUT2D eigenvalue weighted by atomic mass is 31.2. The van der Waals surface area contributed by atoms with Crippen LogP contribution in [-0.4, -0.2) is 65.3 Å². The first-order valence-corrected chi connectivity index (χ1v) is 11.8. The normalized spacial score (nSPS) is 17.0. The molecular weight excluding hydrogens is 435 g/mol. The predicted molar refractivity (Wildman–Crippen MR) is 118 cm³/mol. The van der Waals surface area contributed by atoms with Crippen molar-refractivity contribution < 1.29 is 23.5 Å². The Labute approximate surface area is 186 Å². The van der Waals surface area contributed by atoms with Gasteiger partial charge in [0.05, 0.1) is 11.0 Å². The van der Waals surface area contributed by atoms with Gasteiger partial charge in [0.2, 0.25) is 5.75 Å². The van der Waals surface area contributed by atoms with Crippen LogP contribution < -0.4 is 4.74 Å². The zero-order valence-electron chi connectivity index (χ0n) is 18.1. The van der Waals surface area contributed by atoms with Crippen molar-refractivity contribution in [2.45, 2.75) is 13.0 Å². The molecule has 10 nitrogen and oxygen atoms in total. The molecule has 0 aromatic heterocycles. The van der Waals surface area contributed by atoms with Crippen molar-refractivity contribution >= 4 is 19.3 Å². The summed E-state index contributed by atoms with van der Waals surface area (Å²) in [5.74, 6) is 0.109. The third-order valence-corrected chi connectivity index (χ3v) is 8.04. The third-order valence-electron chi connectivity index (χ3n) is 5.22.